The van der Waals surface area contributed by atoms with Crippen LogP contribution in [-0.4, -0.2) is 35.4 Å². The molecule has 0 N–H and O–H groups in total. The standard InChI is InChI=1S/C6H5F8N/c1-2-15-5(11,12)3(7,8)4(9,10)6(15,13)14/h2H2,1H3. The summed E-state index contributed by atoms with van der Waals surface area (Å²) in [4.78, 5) is -1.50. The van der Waals surface area contributed by atoms with Crippen molar-refractivity contribution in [3.8, 4) is 0 Å². The van der Waals surface area contributed by atoms with Crippen molar-refractivity contribution < 1.29 is 35.1 Å². The summed E-state index contributed by atoms with van der Waals surface area (Å²) >= 11 is 0. The molecule has 15 heavy (non-hydrogen) atoms. The quantitative estimate of drug-likeness (QED) is 0.505. The van der Waals surface area contributed by atoms with E-state index in [1.165, 1.54) is 0 Å². The first-order valence-corrected chi connectivity index (χ1v) is 3.73. The molecular weight excluding hydrogens is 238 g/mol. The largest absolute Gasteiger partial charge is 0.394 e. The van der Waals surface area contributed by atoms with Crippen molar-refractivity contribution in [1.82, 2.24) is 4.90 Å². The van der Waals surface area contributed by atoms with E-state index in [1.807, 2.05) is 0 Å². The minimum Gasteiger partial charge on any atom is -0.191 e. The highest BCUT2D eigenvalue weighted by atomic mass is 19.4. The Hall–Kier alpha value is -0.600. The average molecular weight is 243 g/mol. The Bertz CT molecular complexity index is 246. The molecule has 0 amide bonds. The fraction of sp³-hybridized carbons (Fsp3) is 1.00. The number of alkyl halides is 8. The Kier molecular flexibility index (Phi) is 2.28. The third-order valence-electron chi connectivity index (χ3n) is 2.14. The summed E-state index contributed by atoms with van der Waals surface area (Å²) in [6.07, 6.45) is 0. The molecule has 0 unspecified atom stereocenters. The second kappa shape index (κ2) is 2.74. The number of halogens is 8. The highest BCUT2D eigenvalue weighted by molar-refractivity contribution is 5.11. The maximum Gasteiger partial charge on any atom is 0.394 e. The van der Waals surface area contributed by atoms with E-state index in [0.29, 0.717) is 6.92 Å². The molecule has 1 nitrogen and oxygen atoms in total. The van der Waals surface area contributed by atoms with Gasteiger partial charge in [0.1, 0.15) is 0 Å². The van der Waals surface area contributed by atoms with Crippen LogP contribution in [-0.2, 0) is 0 Å². The molecule has 9 heteroatoms. The van der Waals surface area contributed by atoms with E-state index in [0.717, 1.165) is 0 Å². The summed E-state index contributed by atoms with van der Waals surface area (Å²) in [7, 11) is 0. The lowest BCUT2D eigenvalue weighted by Gasteiger charge is -2.26. The van der Waals surface area contributed by atoms with Gasteiger partial charge in [0, 0.05) is 6.54 Å². The van der Waals surface area contributed by atoms with Crippen LogP contribution in [0.1, 0.15) is 6.92 Å². The van der Waals surface area contributed by atoms with Crippen molar-refractivity contribution in [3.05, 3.63) is 0 Å². The first-order chi connectivity index (χ1) is 6.44. The van der Waals surface area contributed by atoms with Gasteiger partial charge in [0.2, 0.25) is 0 Å². The number of hydrogen-bond acceptors (Lipinski definition) is 1. The van der Waals surface area contributed by atoms with Crippen molar-refractivity contribution in [2.45, 2.75) is 30.9 Å². The number of likely N-dealkylation sites (tertiary alicyclic amines) is 1. The smallest absolute Gasteiger partial charge is 0.191 e. The van der Waals surface area contributed by atoms with Gasteiger partial charge >= 0.3 is 23.9 Å². The van der Waals surface area contributed by atoms with E-state index in [9.17, 15) is 35.1 Å². The van der Waals surface area contributed by atoms with Crippen LogP contribution in [0.4, 0.5) is 35.1 Å². The Labute approximate surface area is 78.6 Å². The van der Waals surface area contributed by atoms with Crippen LogP contribution in [0.25, 0.3) is 0 Å². The van der Waals surface area contributed by atoms with Crippen LogP contribution < -0.4 is 0 Å². The van der Waals surface area contributed by atoms with Crippen molar-refractivity contribution in [3.63, 3.8) is 0 Å². The molecule has 0 aromatic rings. The molecule has 90 valence electrons. The van der Waals surface area contributed by atoms with Crippen molar-refractivity contribution in [1.29, 1.82) is 0 Å². The van der Waals surface area contributed by atoms with Gasteiger partial charge in [-0.3, -0.25) is 0 Å². The second-order valence-electron chi connectivity index (χ2n) is 2.98. The maximum absolute atomic E-state index is 12.6. The molecule has 0 saturated carbocycles. The lowest BCUT2D eigenvalue weighted by Crippen LogP contribution is -2.51. The van der Waals surface area contributed by atoms with Crippen LogP contribution in [0.5, 0.6) is 0 Å². The van der Waals surface area contributed by atoms with Gasteiger partial charge in [-0.1, -0.05) is 6.92 Å². The van der Waals surface area contributed by atoms with Gasteiger partial charge in [0.05, 0.1) is 0 Å². The van der Waals surface area contributed by atoms with Crippen molar-refractivity contribution >= 4 is 0 Å². The van der Waals surface area contributed by atoms with E-state index < -0.39 is 35.4 Å². The summed E-state index contributed by atoms with van der Waals surface area (Å²) in [6, 6.07) is -11.1. The molecule has 1 heterocycles. The molecule has 0 aliphatic carbocycles. The van der Waals surface area contributed by atoms with Crippen molar-refractivity contribution in [2.24, 2.45) is 0 Å². The van der Waals surface area contributed by atoms with Crippen molar-refractivity contribution in [2.75, 3.05) is 6.54 Å². The summed E-state index contributed by atoms with van der Waals surface area (Å²) in [5.74, 6) is -12.2. The highest BCUT2D eigenvalue weighted by Gasteiger charge is 2.92. The SMILES string of the molecule is CCN1C(F)(F)C(F)(F)C(F)(F)C1(F)F. The summed E-state index contributed by atoms with van der Waals surface area (Å²) in [6.45, 7) is -0.676. The molecule has 0 spiro atoms. The molecule has 1 rings (SSSR count). The molecule has 1 saturated heterocycles. The number of rotatable bonds is 1. The Morgan fingerprint density at radius 2 is 1.00 bits per heavy atom. The molecule has 1 aliphatic heterocycles. The molecule has 0 radical (unpaired) electrons. The predicted molar refractivity (Wildman–Crippen MR) is 32.2 cm³/mol. The maximum atomic E-state index is 12.6. The van der Waals surface area contributed by atoms with E-state index >= 15 is 0 Å². The monoisotopic (exact) mass is 243 g/mol. The predicted octanol–water partition coefficient (Wildman–Crippen LogP) is 2.78. The fourth-order valence-corrected chi connectivity index (χ4v) is 1.29. The minimum atomic E-state index is -6.10. The normalized spacial score (nSPS) is 31.8. The summed E-state index contributed by atoms with van der Waals surface area (Å²) < 4.78 is 100. The zero-order valence-electron chi connectivity index (χ0n) is 7.18. The van der Waals surface area contributed by atoms with Crippen LogP contribution in [0, 0.1) is 0 Å². The van der Waals surface area contributed by atoms with Crippen LogP contribution in [0.2, 0.25) is 0 Å². The lowest BCUT2D eigenvalue weighted by molar-refractivity contribution is -0.303. The Morgan fingerprint density at radius 3 is 1.13 bits per heavy atom. The van der Waals surface area contributed by atoms with E-state index in [2.05, 4.69) is 0 Å². The van der Waals surface area contributed by atoms with E-state index in [4.69, 9.17) is 0 Å². The van der Waals surface area contributed by atoms with Gasteiger partial charge in [0.25, 0.3) is 0 Å². The van der Waals surface area contributed by atoms with Gasteiger partial charge in [0.15, 0.2) is 0 Å². The third kappa shape index (κ3) is 1.07. The molecule has 0 aromatic carbocycles. The highest BCUT2D eigenvalue weighted by Crippen LogP contribution is 2.62. The Morgan fingerprint density at radius 1 is 0.733 bits per heavy atom. The van der Waals surface area contributed by atoms with Crippen LogP contribution >= 0.6 is 0 Å². The molecule has 0 aromatic heterocycles. The summed E-state index contributed by atoms with van der Waals surface area (Å²) in [5, 5.41) is 0. The van der Waals surface area contributed by atoms with Gasteiger partial charge in [-0.25, -0.2) is 0 Å². The van der Waals surface area contributed by atoms with Crippen LogP contribution in [0.3, 0.4) is 0 Å². The molecule has 1 fully saturated rings. The first-order valence-electron chi connectivity index (χ1n) is 3.73. The third-order valence-corrected chi connectivity index (χ3v) is 2.14. The zero-order chi connectivity index (χ0) is 12.3. The fourth-order valence-electron chi connectivity index (χ4n) is 1.29. The Balaban J connectivity index is 3.40. The zero-order valence-corrected chi connectivity index (χ0v) is 7.18. The molecule has 0 bridgehead atoms. The van der Waals surface area contributed by atoms with Gasteiger partial charge < -0.3 is 0 Å². The lowest BCUT2D eigenvalue weighted by atomic mass is 10.2. The molecule has 1 aliphatic rings. The molecule has 0 atom stereocenters. The minimum absolute atomic E-state index is 0.652. The molecular formula is C6H5F8N. The average Bonchev–Trinajstić information content (AvgIpc) is 2.07. The number of nitrogens with zero attached hydrogens (tertiary/aromatic N) is 1. The number of hydrogen-bond donors (Lipinski definition) is 0. The van der Waals surface area contributed by atoms with Gasteiger partial charge in [-0.2, -0.15) is 40.0 Å². The van der Waals surface area contributed by atoms with Gasteiger partial charge in [-0.05, 0) is 0 Å². The van der Waals surface area contributed by atoms with Gasteiger partial charge in [-0.15, -0.1) is 0 Å². The van der Waals surface area contributed by atoms with Crippen LogP contribution in [0.15, 0.2) is 0 Å². The van der Waals surface area contributed by atoms with E-state index in [-0.39, 0.29) is 0 Å². The topological polar surface area (TPSA) is 3.24 Å². The second-order valence-corrected chi connectivity index (χ2v) is 2.98. The van der Waals surface area contributed by atoms with E-state index in [1.54, 1.807) is 0 Å². The first kappa shape index (κ1) is 12.5. The summed E-state index contributed by atoms with van der Waals surface area (Å²) in [5.41, 5.74) is 0.